The third-order valence-corrected chi connectivity index (χ3v) is 7.86. The first-order valence-corrected chi connectivity index (χ1v) is 13.3. The molecule has 0 N–H and O–H groups in total. The molecule has 7 heteroatoms. The standard InChI is InChI=1S/C30H27N3O3S/c1-4-32(5-2)21-15-16-24(25(19-21)35-3)30(23-14-10-9-13-22(23)28(34)36-30)27-26(20-11-7-6-8-12-20)31-29-33(27)17-18-37-29/h6-19H,4-5H2,1-3H3. The summed E-state index contributed by atoms with van der Waals surface area (Å²) in [5, 5.41) is 2.00. The normalized spacial score (nSPS) is 16.6. The fourth-order valence-electron chi connectivity index (χ4n) is 5.40. The number of carbonyl (C=O) groups excluding carboxylic acids is 1. The van der Waals surface area contributed by atoms with Crippen molar-refractivity contribution in [2.24, 2.45) is 0 Å². The van der Waals surface area contributed by atoms with Crippen LogP contribution in [0.5, 0.6) is 5.75 Å². The van der Waals surface area contributed by atoms with Crippen molar-refractivity contribution in [3.05, 3.63) is 107 Å². The van der Waals surface area contributed by atoms with E-state index in [1.807, 2.05) is 82.7 Å². The molecule has 1 aliphatic rings. The van der Waals surface area contributed by atoms with Crippen molar-refractivity contribution in [2.45, 2.75) is 19.4 Å². The maximum absolute atomic E-state index is 13.4. The monoisotopic (exact) mass is 509 g/mol. The number of rotatable bonds is 7. The maximum Gasteiger partial charge on any atom is 0.340 e. The van der Waals surface area contributed by atoms with Crippen molar-refractivity contribution < 1.29 is 14.3 Å². The Morgan fingerprint density at radius 3 is 2.51 bits per heavy atom. The van der Waals surface area contributed by atoms with Crippen molar-refractivity contribution in [3.63, 3.8) is 0 Å². The molecule has 0 fully saturated rings. The molecule has 1 unspecified atom stereocenters. The SMILES string of the molecule is CCN(CC)c1ccc(C2(c3c(-c4ccccc4)nc4sccn34)OC(=O)c3ccccc32)c(OC)c1. The molecule has 0 saturated heterocycles. The number of hydrogen-bond donors (Lipinski definition) is 0. The molecule has 1 atom stereocenters. The number of benzene rings is 3. The van der Waals surface area contributed by atoms with E-state index in [0.717, 1.165) is 51.8 Å². The number of aromatic nitrogens is 2. The number of esters is 1. The third-order valence-electron chi connectivity index (χ3n) is 7.11. The van der Waals surface area contributed by atoms with E-state index in [9.17, 15) is 4.79 Å². The number of ether oxygens (including phenoxy) is 2. The Labute approximate surface area is 219 Å². The van der Waals surface area contributed by atoms with Crippen LogP contribution in [0.2, 0.25) is 0 Å². The van der Waals surface area contributed by atoms with Crippen LogP contribution in [0.4, 0.5) is 5.69 Å². The van der Waals surface area contributed by atoms with E-state index < -0.39 is 5.60 Å². The summed E-state index contributed by atoms with van der Waals surface area (Å²) in [4.78, 5) is 21.6. The Hall–Kier alpha value is -4.10. The molecule has 6 nitrogen and oxygen atoms in total. The van der Waals surface area contributed by atoms with E-state index in [1.54, 1.807) is 18.4 Å². The topological polar surface area (TPSA) is 56.1 Å². The number of fused-ring (bicyclic) bond motifs is 2. The van der Waals surface area contributed by atoms with Crippen molar-refractivity contribution in [3.8, 4) is 17.0 Å². The molecule has 186 valence electrons. The van der Waals surface area contributed by atoms with Gasteiger partial charge in [0.25, 0.3) is 0 Å². The largest absolute Gasteiger partial charge is 0.496 e. The molecule has 0 aliphatic carbocycles. The summed E-state index contributed by atoms with van der Waals surface area (Å²) in [6, 6.07) is 23.8. The molecule has 37 heavy (non-hydrogen) atoms. The number of cyclic esters (lactones) is 1. The fourth-order valence-corrected chi connectivity index (χ4v) is 6.11. The zero-order valence-electron chi connectivity index (χ0n) is 21.0. The minimum atomic E-state index is -1.26. The molecule has 3 heterocycles. The van der Waals surface area contributed by atoms with Crippen LogP contribution in [0.25, 0.3) is 16.2 Å². The van der Waals surface area contributed by atoms with Gasteiger partial charge in [-0.15, -0.1) is 11.3 Å². The van der Waals surface area contributed by atoms with Gasteiger partial charge in [-0.25, -0.2) is 9.78 Å². The Kier molecular flexibility index (Phi) is 5.72. The Morgan fingerprint density at radius 1 is 1.00 bits per heavy atom. The Morgan fingerprint density at radius 2 is 1.76 bits per heavy atom. The first-order valence-electron chi connectivity index (χ1n) is 12.4. The summed E-state index contributed by atoms with van der Waals surface area (Å²) in [5.74, 6) is 0.285. The highest BCUT2D eigenvalue weighted by atomic mass is 32.1. The van der Waals surface area contributed by atoms with Gasteiger partial charge in [-0.05, 0) is 32.0 Å². The summed E-state index contributed by atoms with van der Waals surface area (Å²) >= 11 is 1.55. The lowest BCUT2D eigenvalue weighted by molar-refractivity contribution is 0.0232. The van der Waals surface area contributed by atoms with Gasteiger partial charge in [-0.1, -0.05) is 48.5 Å². The highest BCUT2D eigenvalue weighted by Crippen LogP contribution is 2.53. The quantitative estimate of drug-likeness (QED) is 0.238. The van der Waals surface area contributed by atoms with Gasteiger partial charge in [-0.3, -0.25) is 4.40 Å². The predicted octanol–water partition coefficient (Wildman–Crippen LogP) is 6.38. The molecule has 5 aromatic rings. The van der Waals surface area contributed by atoms with Gasteiger partial charge in [0.15, 0.2) is 4.96 Å². The van der Waals surface area contributed by atoms with E-state index in [-0.39, 0.29) is 5.97 Å². The summed E-state index contributed by atoms with van der Waals surface area (Å²) in [7, 11) is 1.66. The number of hydrogen-bond acceptors (Lipinski definition) is 6. The molecule has 0 amide bonds. The van der Waals surface area contributed by atoms with Gasteiger partial charge in [0.1, 0.15) is 11.4 Å². The number of imidazole rings is 1. The van der Waals surface area contributed by atoms with Crippen LogP contribution in [0.15, 0.2) is 84.4 Å². The lowest BCUT2D eigenvalue weighted by atomic mass is 9.80. The molecule has 3 aromatic carbocycles. The molecule has 0 bridgehead atoms. The number of nitrogens with zero attached hydrogens (tertiary/aromatic N) is 3. The highest BCUT2D eigenvalue weighted by Gasteiger charge is 2.53. The van der Waals surface area contributed by atoms with Gasteiger partial charge >= 0.3 is 5.97 Å². The van der Waals surface area contributed by atoms with E-state index in [4.69, 9.17) is 14.5 Å². The second kappa shape index (κ2) is 9.09. The predicted molar refractivity (Wildman–Crippen MR) is 147 cm³/mol. The van der Waals surface area contributed by atoms with Crippen LogP contribution in [-0.2, 0) is 10.3 Å². The summed E-state index contributed by atoms with van der Waals surface area (Å²) in [5.41, 5.74) is 4.37. The number of thiazole rings is 1. The van der Waals surface area contributed by atoms with E-state index in [0.29, 0.717) is 11.3 Å². The molecule has 0 radical (unpaired) electrons. The van der Waals surface area contributed by atoms with Gasteiger partial charge in [0, 0.05) is 53.1 Å². The smallest absolute Gasteiger partial charge is 0.340 e. The number of methoxy groups -OCH3 is 1. The second-order valence-corrected chi connectivity index (χ2v) is 9.78. The summed E-state index contributed by atoms with van der Waals surface area (Å²) in [6.45, 7) is 6.01. The van der Waals surface area contributed by atoms with Crippen molar-refractivity contribution in [1.82, 2.24) is 9.38 Å². The fraction of sp³-hybridized carbons (Fsp3) is 0.200. The highest BCUT2D eigenvalue weighted by molar-refractivity contribution is 7.15. The van der Waals surface area contributed by atoms with Gasteiger partial charge in [0.2, 0.25) is 5.60 Å². The number of carbonyl (C=O) groups is 1. The van der Waals surface area contributed by atoms with Crippen LogP contribution in [-0.4, -0.2) is 35.6 Å². The lowest BCUT2D eigenvalue weighted by Crippen LogP contribution is -2.32. The molecule has 1 aliphatic heterocycles. The van der Waals surface area contributed by atoms with Crippen LogP contribution in [0.1, 0.15) is 41.0 Å². The zero-order chi connectivity index (χ0) is 25.6. The van der Waals surface area contributed by atoms with Crippen LogP contribution in [0, 0.1) is 0 Å². The van der Waals surface area contributed by atoms with E-state index in [2.05, 4.69) is 24.8 Å². The lowest BCUT2D eigenvalue weighted by Gasteiger charge is -2.32. The number of anilines is 1. The van der Waals surface area contributed by atoms with E-state index >= 15 is 0 Å². The minimum Gasteiger partial charge on any atom is -0.496 e. The first-order chi connectivity index (χ1) is 18.1. The molecule has 0 saturated carbocycles. The van der Waals surface area contributed by atoms with E-state index in [1.165, 1.54) is 0 Å². The van der Waals surface area contributed by atoms with Gasteiger partial charge in [-0.2, -0.15) is 0 Å². The van der Waals surface area contributed by atoms with Crippen molar-refractivity contribution in [1.29, 1.82) is 0 Å². The second-order valence-electron chi connectivity index (χ2n) is 8.90. The Balaban J connectivity index is 1.72. The molecule has 2 aromatic heterocycles. The zero-order valence-corrected chi connectivity index (χ0v) is 21.8. The van der Waals surface area contributed by atoms with Crippen LogP contribution in [0.3, 0.4) is 0 Å². The molecule has 6 rings (SSSR count). The molecular weight excluding hydrogens is 482 g/mol. The molecular formula is C30H27N3O3S. The summed E-state index contributed by atoms with van der Waals surface area (Å²) in [6.07, 6.45) is 1.99. The third kappa shape index (κ3) is 3.45. The van der Waals surface area contributed by atoms with Crippen molar-refractivity contribution >= 4 is 28.0 Å². The summed E-state index contributed by atoms with van der Waals surface area (Å²) < 4.78 is 14.5. The minimum absolute atomic E-state index is 0.366. The first kappa shape index (κ1) is 23.3. The average molecular weight is 510 g/mol. The maximum atomic E-state index is 13.4. The van der Waals surface area contributed by atoms with Crippen molar-refractivity contribution in [2.75, 3.05) is 25.1 Å². The molecule has 0 spiro atoms. The van der Waals surface area contributed by atoms with Gasteiger partial charge in [0.05, 0.1) is 18.4 Å². The van der Waals surface area contributed by atoms with Crippen LogP contribution >= 0.6 is 11.3 Å². The van der Waals surface area contributed by atoms with Crippen LogP contribution < -0.4 is 9.64 Å². The average Bonchev–Trinajstić information content (AvgIpc) is 3.62. The Bertz CT molecular complexity index is 1600. The van der Waals surface area contributed by atoms with Gasteiger partial charge < -0.3 is 14.4 Å².